The van der Waals surface area contributed by atoms with E-state index in [9.17, 15) is 4.79 Å². The number of fused-ring (bicyclic) bond motifs is 1. The quantitative estimate of drug-likeness (QED) is 0.0896. The third kappa shape index (κ3) is 8.01. The van der Waals surface area contributed by atoms with Crippen LogP contribution in [-0.4, -0.2) is 38.5 Å². The van der Waals surface area contributed by atoms with E-state index in [-0.39, 0.29) is 23.1 Å². The van der Waals surface area contributed by atoms with Crippen LogP contribution in [0.3, 0.4) is 0 Å². The summed E-state index contributed by atoms with van der Waals surface area (Å²) in [6.45, 7) is 8.15. The molecule has 1 aliphatic heterocycles. The van der Waals surface area contributed by atoms with Crippen LogP contribution in [0, 0.1) is 17.1 Å². The molecule has 0 radical (unpaired) electrons. The molecule has 8 nitrogen and oxygen atoms in total. The zero-order chi connectivity index (χ0) is 32.2. The predicted octanol–water partition coefficient (Wildman–Crippen LogP) is 7.03. The van der Waals surface area contributed by atoms with Crippen molar-refractivity contribution in [3.8, 4) is 16.9 Å². The Balaban J connectivity index is 1.34. The summed E-state index contributed by atoms with van der Waals surface area (Å²) < 4.78 is 16.7. The molecule has 240 valence electrons. The smallest absolute Gasteiger partial charge is 0.354 e. The molecular formula is C35H45ClFN7O. The van der Waals surface area contributed by atoms with Gasteiger partial charge in [0.2, 0.25) is 0 Å². The molecule has 2 aromatic carbocycles. The van der Waals surface area contributed by atoms with E-state index in [4.69, 9.17) is 22.7 Å². The van der Waals surface area contributed by atoms with Crippen LogP contribution >= 0.6 is 11.6 Å². The van der Waals surface area contributed by atoms with Gasteiger partial charge in [-0.2, -0.15) is 4.98 Å². The molecule has 1 fully saturated rings. The molecule has 10 heteroatoms. The van der Waals surface area contributed by atoms with Crippen LogP contribution in [0.4, 0.5) is 4.39 Å². The zero-order valence-corrected chi connectivity index (χ0v) is 27.3. The van der Waals surface area contributed by atoms with Gasteiger partial charge in [-0.05, 0) is 99.7 Å². The highest BCUT2D eigenvalue weighted by Crippen LogP contribution is 2.32. The molecule has 0 spiro atoms. The monoisotopic (exact) mass is 633 g/mol. The van der Waals surface area contributed by atoms with Gasteiger partial charge in [-0.25, -0.2) is 9.18 Å². The number of halogens is 2. The first-order valence-corrected chi connectivity index (χ1v) is 16.4. The SMILES string of the molecule is CC(=N)N[C@@H](C[C@@H]1CCC[C@@H](c2ccc(-n3cc4cc(-c5cc(CCC[C@H](C)N)cc(Cl)c5F)[nH]c4nc3=O)cc2)N1)C(C)C. The third-order valence-electron chi connectivity index (χ3n) is 8.81. The van der Waals surface area contributed by atoms with Crippen molar-refractivity contribution in [3.05, 3.63) is 81.1 Å². The number of aromatic nitrogens is 3. The number of hydrogen-bond donors (Lipinski definition) is 5. The van der Waals surface area contributed by atoms with Crippen LogP contribution in [0.2, 0.25) is 5.02 Å². The normalized spacial score (nSPS) is 18.3. The minimum Gasteiger partial charge on any atom is -0.371 e. The molecular weight excluding hydrogens is 589 g/mol. The van der Waals surface area contributed by atoms with Gasteiger partial charge in [-0.1, -0.05) is 44.0 Å². The summed E-state index contributed by atoms with van der Waals surface area (Å²) in [4.78, 5) is 20.5. The molecule has 4 aromatic rings. The van der Waals surface area contributed by atoms with E-state index in [0.717, 1.165) is 50.5 Å². The lowest BCUT2D eigenvalue weighted by Crippen LogP contribution is -2.45. The van der Waals surface area contributed by atoms with Gasteiger partial charge in [0.05, 0.1) is 22.2 Å². The molecule has 4 atom stereocenters. The Morgan fingerprint density at radius 3 is 2.64 bits per heavy atom. The maximum Gasteiger partial charge on any atom is 0.354 e. The second-order valence-electron chi connectivity index (χ2n) is 13.0. The fourth-order valence-corrected chi connectivity index (χ4v) is 6.60. The van der Waals surface area contributed by atoms with Gasteiger partial charge in [0.15, 0.2) is 5.82 Å². The van der Waals surface area contributed by atoms with E-state index >= 15 is 4.39 Å². The summed E-state index contributed by atoms with van der Waals surface area (Å²) in [6.07, 6.45) is 8.50. The lowest BCUT2D eigenvalue weighted by atomic mass is 9.88. The lowest BCUT2D eigenvalue weighted by molar-refractivity contribution is 0.274. The summed E-state index contributed by atoms with van der Waals surface area (Å²) >= 11 is 6.27. The lowest BCUT2D eigenvalue weighted by Gasteiger charge is -2.35. The van der Waals surface area contributed by atoms with Gasteiger partial charge in [0.25, 0.3) is 0 Å². The summed E-state index contributed by atoms with van der Waals surface area (Å²) in [5.41, 5.74) is 9.55. The number of H-pyrrole nitrogens is 1. The van der Waals surface area contributed by atoms with Crippen molar-refractivity contribution in [1.29, 1.82) is 5.41 Å². The summed E-state index contributed by atoms with van der Waals surface area (Å²) in [7, 11) is 0. The fraction of sp³-hybridized carbons (Fsp3) is 0.457. The van der Waals surface area contributed by atoms with Crippen LogP contribution in [-0.2, 0) is 6.42 Å². The molecule has 6 N–H and O–H groups in total. The van der Waals surface area contributed by atoms with Crippen LogP contribution < -0.4 is 22.1 Å². The van der Waals surface area contributed by atoms with E-state index in [1.165, 1.54) is 10.1 Å². The maximum atomic E-state index is 15.2. The second-order valence-corrected chi connectivity index (χ2v) is 13.4. The molecule has 0 saturated carbocycles. The molecule has 2 aromatic heterocycles. The number of nitrogens with one attached hydrogen (secondary N) is 4. The first kappa shape index (κ1) is 32.9. The van der Waals surface area contributed by atoms with Crippen molar-refractivity contribution in [1.82, 2.24) is 25.2 Å². The molecule has 1 aliphatic rings. The highest BCUT2D eigenvalue weighted by atomic mass is 35.5. The van der Waals surface area contributed by atoms with Crippen LogP contribution in [0.5, 0.6) is 0 Å². The molecule has 0 bridgehead atoms. The number of piperidine rings is 1. The standard InChI is InChI=1S/C35H45ClFN7O/c1-20(2)31(40-22(4)39)18-26-9-6-10-30(41-26)24-11-13-27(14-12-24)44-19-25-17-32(42-34(25)43-35(44)45)28-15-23(8-5-7-21(3)38)16-29(36)33(28)37/h11-17,19-21,26,30-31,41H,5-10,18,38H2,1-4H3,(H2,39,40)(H,42,43,45)/t21-,26-,30-,31-/m0/s1. The number of hydrogen-bond acceptors (Lipinski definition) is 5. The Kier molecular flexibility index (Phi) is 10.4. The van der Waals surface area contributed by atoms with E-state index < -0.39 is 11.5 Å². The molecule has 0 amide bonds. The van der Waals surface area contributed by atoms with Crippen molar-refractivity contribution in [2.45, 2.75) is 96.8 Å². The van der Waals surface area contributed by atoms with Crippen LogP contribution in [0.25, 0.3) is 28.0 Å². The Hall–Kier alpha value is -3.53. The van der Waals surface area contributed by atoms with Gasteiger partial charge < -0.3 is 21.4 Å². The fourth-order valence-electron chi connectivity index (χ4n) is 6.36. The minimum absolute atomic E-state index is 0.0613. The first-order valence-electron chi connectivity index (χ1n) is 16.0. The maximum absolute atomic E-state index is 15.2. The van der Waals surface area contributed by atoms with Gasteiger partial charge in [-0.3, -0.25) is 9.98 Å². The Bertz CT molecular complexity index is 1690. The molecule has 0 aliphatic carbocycles. The second kappa shape index (κ2) is 14.3. The minimum atomic E-state index is -0.510. The van der Waals surface area contributed by atoms with Crippen molar-refractivity contribution < 1.29 is 4.39 Å². The topological polar surface area (TPSA) is 125 Å². The first-order chi connectivity index (χ1) is 21.5. The summed E-state index contributed by atoms with van der Waals surface area (Å²) in [5, 5.41) is 15.8. The molecule has 3 heterocycles. The van der Waals surface area contributed by atoms with E-state index in [1.807, 2.05) is 19.1 Å². The number of aromatic amines is 1. The zero-order valence-electron chi connectivity index (χ0n) is 26.6. The average Bonchev–Trinajstić information content (AvgIpc) is 3.40. The van der Waals surface area contributed by atoms with Crippen molar-refractivity contribution in [3.63, 3.8) is 0 Å². The van der Waals surface area contributed by atoms with Crippen molar-refractivity contribution in [2.24, 2.45) is 11.7 Å². The molecule has 45 heavy (non-hydrogen) atoms. The molecule has 0 unspecified atom stereocenters. The van der Waals surface area contributed by atoms with Gasteiger partial charge in [0.1, 0.15) is 5.65 Å². The Morgan fingerprint density at radius 2 is 1.96 bits per heavy atom. The largest absolute Gasteiger partial charge is 0.371 e. The Labute approximate surface area is 269 Å². The highest BCUT2D eigenvalue weighted by molar-refractivity contribution is 6.31. The molecule has 1 saturated heterocycles. The Morgan fingerprint density at radius 1 is 1.20 bits per heavy atom. The van der Waals surface area contributed by atoms with Crippen LogP contribution in [0.15, 0.2) is 53.5 Å². The van der Waals surface area contributed by atoms with E-state index in [0.29, 0.717) is 45.8 Å². The van der Waals surface area contributed by atoms with E-state index in [2.05, 4.69) is 46.6 Å². The molecule has 5 rings (SSSR count). The third-order valence-corrected chi connectivity index (χ3v) is 9.09. The predicted molar refractivity (Wildman–Crippen MR) is 182 cm³/mol. The summed E-state index contributed by atoms with van der Waals surface area (Å²) in [5.74, 6) is 0.430. The number of nitrogens with two attached hydrogens (primary N) is 1. The number of aryl methyl sites for hydroxylation is 1. The number of benzene rings is 2. The highest BCUT2D eigenvalue weighted by Gasteiger charge is 2.26. The van der Waals surface area contributed by atoms with E-state index in [1.54, 1.807) is 31.3 Å². The summed E-state index contributed by atoms with van der Waals surface area (Å²) in [6, 6.07) is 14.3. The van der Waals surface area contributed by atoms with Gasteiger partial charge >= 0.3 is 5.69 Å². The van der Waals surface area contributed by atoms with Crippen molar-refractivity contribution >= 4 is 28.5 Å². The average molecular weight is 634 g/mol. The van der Waals surface area contributed by atoms with Crippen LogP contribution in [0.1, 0.15) is 83.4 Å². The van der Waals surface area contributed by atoms with Gasteiger partial charge in [-0.15, -0.1) is 0 Å². The van der Waals surface area contributed by atoms with Gasteiger partial charge in [0, 0.05) is 41.3 Å². The number of amidine groups is 1. The van der Waals surface area contributed by atoms with Crippen molar-refractivity contribution in [2.75, 3.05) is 0 Å². The number of nitrogens with zero attached hydrogens (tertiary/aromatic N) is 2. The number of rotatable bonds is 11.